The van der Waals surface area contributed by atoms with Crippen molar-refractivity contribution in [3.8, 4) is 0 Å². The first-order valence-electron chi connectivity index (χ1n) is 7.45. The van der Waals surface area contributed by atoms with Gasteiger partial charge in [-0.2, -0.15) is 0 Å². The Labute approximate surface area is 119 Å². The predicted molar refractivity (Wildman–Crippen MR) is 79.4 cm³/mol. The zero-order chi connectivity index (χ0) is 13.3. The van der Waals surface area contributed by atoms with Crippen molar-refractivity contribution in [1.29, 1.82) is 0 Å². The van der Waals surface area contributed by atoms with Crippen LogP contribution < -0.4 is 0 Å². The van der Waals surface area contributed by atoms with Crippen molar-refractivity contribution in [2.45, 2.75) is 45.6 Å². The normalized spacial score (nSPS) is 31.9. The summed E-state index contributed by atoms with van der Waals surface area (Å²) in [5.41, 5.74) is 1.42. The molecule has 104 valence electrons. The maximum Gasteiger partial charge on any atom is 0.127 e. The molecule has 0 N–H and O–H groups in total. The van der Waals surface area contributed by atoms with E-state index in [0.29, 0.717) is 5.92 Å². The summed E-state index contributed by atoms with van der Waals surface area (Å²) in [7, 11) is 0. The molecule has 19 heavy (non-hydrogen) atoms. The zero-order valence-electron chi connectivity index (χ0n) is 11.7. The van der Waals surface area contributed by atoms with Gasteiger partial charge in [-0.1, -0.05) is 19.8 Å². The molecule has 0 spiro atoms. The number of rotatable bonds is 3. The van der Waals surface area contributed by atoms with E-state index in [2.05, 4.69) is 23.3 Å². The van der Waals surface area contributed by atoms with Crippen molar-refractivity contribution < 1.29 is 4.79 Å². The molecule has 0 saturated heterocycles. The van der Waals surface area contributed by atoms with Gasteiger partial charge in [0, 0.05) is 29.9 Å². The fraction of sp³-hybridized carbons (Fsp3) is 0.688. The maximum absolute atomic E-state index is 11.7. The molecule has 1 aromatic heterocycles. The molecule has 2 heterocycles. The first kappa shape index (κ1) is 13.3. The van der Waals surface area contributed by atoms with E-state index in [4.69, 9.17) is 0 Å². The van der Waals surface area contributed by atoms with Crippen LogP contribution in [0.4, 0.5) is 0 Å². The zero-order valence-corrected chi connectivity index (χ0v) is 12.5. The van der Waals surface area contributed by atoms with Gasteiger partial charge in [0.2, 0.25) is 0 Å². The van der Waals surface area contributed by atoms with Gasteiger partial charge in [0.05, 0.1) is 0 Å². The van der Waals surface area contributed by atoms with Crippen LogP contribution in [0.3, 0.4) is 0 Å². The maximum atomic E-state index is 11.7. The lowest BCUT2D eigenvalue weighted by Crippen LogP contribution is -2.43. The Bertz CT molecular complexity index is 455. The summed E-state index contributed by atoms with van der Waals surface area (Å²) in [4.78, 5) is 15.7. The number of thiophene rings is 1. The second-order valence-corrected chi connectivity index (χ2v) is 7.51. The highest BCUT2D eigenvalue weighted by Gasteiger charge is 2.37. The second kappa shape index (κ2) is 5.37. The summed E-state index contributed by atoms with van der Waals surface area (Å²) in [5.74, 6) is 0.709. The molecule has 1 aromatic rings. The summed E-state index contributed by atoms with van der Waals surface area (Å²) < 4.78 is 0. The molecule has 2 atom stereocenters. The Hall–Kier alpha value is -0.670. The van der Waals surface area contributed by atoms with E-state index in [-0.39, 0.29) is 5.41 Å². The summed E-state index contributed by atoms with van der Waals surface area (Å²) in [6, 6.07) is 2.25. The molecule has 1 aliphatic heterocycles. The minimum absolute atomic E-state index is 0.0643. The van der Waals surface area contributed by atoms with E-state index in [1.165, 1.54) is 24.7 Å². The Morgan fingerprint density at radius 3 is 3.26 bits per heavy atom. The number of carbonyl (C=O) groups excluding carboxylic acids is 1. The third-order valence-electron chi connectivity index (χ3n) is 4.80. The lowest BCUT2D eigenvalue weighted by Gasteiger charge is -2.40. The number of carbonyl (C=O) groups is 1. The highest BCUT2D eigenvalue weighted by Crippen LogP contribution is 2.39. The monoisotopic (exact) mass is 277 g/mol. The van der Waals surface area contributed by atoms with Crippen LogP contribution in [0.15, 0.2) is 11.4 Å². The molecule has 2 nitrogen and oxygen atoms in total. The van der Waals surface area contributed by atoms with Crippen LogP contribution in [0, 0.1) is 11.3 Å². The summed E-state index contributed by atoms with van der Waals surface area (Å²) in [6.07, 6.45) is 7.13. The van der Waals surface area contributed by atoms with Crippen LogP contribution in [0.25, 0.3) is 0 Å². The van der Waals surface area contributed by atoms with Gasteiger partial charge in [0.25, 0.3) is 0 Å². The topological polar surface area (TPSA) is 20.3 Å². The minimum Gasteiger partial charge on any atom is -0.303 e. The van der Waals surface area contributed by atoms with E-state index in [0.717, 1.165) is 38.9 Å². The average Bonchev–Trinajstić information content (AvgIpc) is 2.86. The van der Waals surface area contributed by atoms with Crippen LogP contribution >= 0.6 is 11.3 Å². The van der Waals surface area contributed by atoms with E-state index < -0.39 is 0 Å². The van der Waals surface area contributed by atoms with Crippen LogP contribution in [-0.4, -0.2) is 24.3 Å². The number of hydrogen-bond donors (Lipinski definition) is 0. The van der Waals surface area contributed by atoms with Gasteiger partial charge >= 0.3 is 0 Å². The fourth-order valence-corrected chi connectivity index (χ4v) is 4.77. The van der Waals surface area contributed by atoms with Crippen molar-refractivity contribution in [2.75, 3.05) is 13.1 Å². The van der Waals surface area contributed by atoms with Crippen molar-refractivity contribution >= 4 is 17.6 Å². The Balaban J connectivity index is 1.69. The molecule has 0 amide bonds. The van der Waals surface area contributed by atoms with Gasteiger partial charge in [-0.3, -0.25) is 4.90 Å². The molecule has 3 rings (SSSR count). The Morgan fingerprint density at radius 2 is 2.47 bits per heavy atom. The van der Waals surface area contributed by atoms with Crippen molar-refractivity contribution in [2.24, 2.45) is 11.3 Å². The van der Waals surface area contributed by atoms with Gasteiger partial charge in [-0.15, -0.1) is 11.3 Å². The molecule has 0 radical (unpaired) electrons. The van der Waals surface area contributed by atoms with E-state index >= 15 is 0 Å². The number of aldehydes is 1. The van der Waals surface area contributed by atoms with Crippen LogP contribution in [-0.2, 0) is 17.8 Å². The number of hydrogen-bond acceptors (Lipinski definition) is 3. The largest absolute Gasteiger partial charge is 0.303 e. The number of nitrogens with zero attached hydrogens (tertiary/aromatic N) is 1. The molecular weight excluding hydrogens is 254 g/mol. The first-order valence-corrected chi connectivity index (χ1v) is 8.33. The van der Waals surface area contributed by atoms with E-state index in [9.17, 15) is 4.79 Å². The molecule has 0 aromatic carbocycles. The fourth-order valence-electron chi connectivity index (χ4n) is 3.88. The third-order valence-corrected chi connectivity index (χ3v) is 5.82. The summed E-state index contributed by atoms with van der Waals surface area (Å²) in [6.45, 7) is 5.43. The predicted octanol–water partition coefficient (Wildman–Crippen LogP) is 3.50. The first-order chi connectivity index (χ1) is 9.21. The standard InChI is InChI=1S/C16H23NOS/c1-13-3-2-6-16(9-13,12-18)11-17-7-4-15-14(10-17)5-8-19-15/h5,8,12-13H,2-4,6-7,9-11H2,1H3. The highest BCUT2D eigenvalue weighted by molar-refractivity contribution is 7.10. The lowest BCUT2D eigenvalue weighted by atomic mass is 9.70. The van der Waals surface area contributed by atoms with Gasteiger partial charge < -0.3 is 4.79 Å². The molecule has 1 aliphatic carbocycles. The molecular formula is C16H23NOS. The molecule has 3 heteroatoms. The van der Waals surface area contributed by atoms with Crippen LogP contribution in [0.1, 0.15) is 43.0 Å². The van der Waals surface area contributed by atoms with Crippen molar-refractivity contribution in [3.63, 3.8) is 0 Å². The van der Waals surface area contributed by atoms with Gasteiger partial charge in [-0.05, 0) is 42.2 Å². The van der Waals surface area contributed by atoms with Crippen molar-refractivity contribution in [3.05, 3.63) is 21.9 Å². The van der Waals surface area contributed by atoms with Gasteiger partial charge in [0.15, 0.2) is 0 Å². The third kappa shape index (κ3) is 2.77. The molecule has 2 unspecified atom stereocenters. The van der Waals surface area contributed by atoms with Gasteiger partial charge in [-0.25, -0.2) is 0 Å². The SMILES string of the molecule is CC1CCCC(C=O)(CN2CCc3sccc3C2)C1. The quantitative estimate of drug-likeness (QED) is 0.788. The smallest absolute Gasteiger partial charge is 0.127 e. The minimum atomic E-state index is -0.0643. The summed E-state index contributed by atoms with van der Waals surface area (Å²) in [5, 5.41) is 2.20. The lowest BCUT2D eigenvalue weighted by molar-refractivity contribution is -0.120. The molecule has 0 bridgehead atoms. The molecule has 2 aliphatic rings. The number of fused-ring (bicyclic) bond motifs is 1. The second-order valence-electron chi connectivity index (χ2n) is 6.51. The van der Waals surface area contributed by atoms with Gasteiger partial charge in [0.1, 0.15) is 6.29 Å². The van der Waals surface area contributed by atoms with Crippen molar-refractivity contribution in [1.82, 2.24) is 4.90 Å². The molecule has 1 fully saturated rings. The molecule has 1 saturated carbocycles. The van der Waals surface area contributed by atoms with E-state index in [1.807, 2.05) is 11.3 Å². The van der Waals surface area contributed by atoms with Crippen LogP contribution in [0.2, 0.25) is 0 Å². The van der Waals surface area contributed by atoms with Crippen LogP contribution in [0.5, 0.6) is 0 Å². The summed E-state index contributed by atoms with van der Waals surface area (Å²) >= 11 is 1.88. The van der Waals surface area contributed by atoms with E-state index in [1.54, 1.807) is 4.88 Å². The average molecular weight is 277 g/mol. The Morgan fingerprint density at radius 1 is 1.58 bits per heavy atom. The highest BCUT2D eigenvalue weighted by atomic mass is 32.1. The Kier molecular flexibility index (Phi) is 3.77.